The average Bonchev–Trinajstić information content (AvgIpc) is 2.98. The summed E-state index contributed by atoms with van der Waals surface area (Å²) >= 11 is 0. The predicted octanol–water partition coefficient (Wildman–Crippen LogP) is 4.24. The lowest BCUT2D eigenvalue weighted by Crippen LogP contribution is -2.45. The molecule has 26 heavy (non-hydrogen) atoms. The molecule has 0 saturated heterocycles. The zero-order valence-electron chi connectivity index (χ0n) is 16.0. The molecule has 0 bridgehead atoms. The van der Waals surface area contributed by atoms with E-state index in [1.807, 2.05) is 19.9 Å². The molecule has 1 aromatic rings. The summed E-state index contributed by atoms with van der Waals surface area (Å²) in [6, 6.07) is 8.82. The molecule has 0 amide bonds. The first-order chi connectivity index (χ1) is 12.3. The topological polar surface area (TPSA) is 60.4 Å². The molecule has 0 N–H and O–H groups in total. The maximum Gasteiger partial charge on any atom is 0.308 e. The maximum absolute atomic E-state index is 13.3. The minimum absolute atomic E-state index is 0.114. The summed E-state index contributed by atoms with van der Waals surface area (Å²) in [4.78, 5) is 12.7. The van der Waals surface area contributed by atoms with Crippen LogP contribution >= 0.6 is 0 Å². The van der Waals surface area contributed by atoms with Crippen molar-refractivity contribution in [3.8, 4) is 0 Å². The van der Waals surface area contributed by atoms with Crippen LogP contribution in [0.4, 0.5) is 0 Å². The Bertz CT molecular complexity index is 743. The fourth-order valence-corrected chi connectivity index (χ4v) is 7.82. The lowest BCUT2D eigenvalue weighted by molar-refractivity contribution is -0.151. The number of sulfone groups is 1. The second-order valence-electron chi connectivity index (χ2n) is 8.13. The number of rotatable bonds is 5. The Labute approximate surface area is 157 Å². The van der Waals surface area contributed by atoms with E-state index in [1.54, 1.807) is 24.3 Å². The number of esters is 1. The summed E-state index contributed by atoms with van der Waals surface area (Å²) < 4.78 is 31.8. The van der Waals surface area contributed by atoms with Crippen LogP contribution in [0.5, 0.6) is 0 Å². The van der Waals surface area contributed by atoms with Gasteiger partial charge in [0.15, 0.2) is 9.84 Å². The van der Waals surface area contributed by atoms with Crippen molar-refractivity contribution in [3.05, 3.63) is 30.3 Å². The summed E-state index contributed by atoms with van der Waals surface area (Å²) in [6.45, 7) is 6.37. The second-order valence-corrected chi connectivity index (χ2v) is 10.3. The van der Waals surface area contributed by atoms with Crippen LogP contribution < -0.4 is 0 Å². The van der Waals surface area contributed by atoms with Gasteiger partial charge in [0, 0.05) is 0 Å². The Morgan fingerprint density at radius 2 is 1.92 bits per heavy atom. The number of fused-ring (bicyclic) bond motifs is 1. The van der Waals surface area contributed by atoms with Crippen LogP contribution in [0.3, 0.4) is 0 Å². The third-order valence-corrected chi connectivity index (χ3v) is 9.16. The van der Waals surface area contributed by atoms with Gasteiger partial charge in [-0.3, -0.25) is 4.79 Å². The van der Waals surface area contributed by atoms with Gasteiger partial charge >= 0.3 is 5.97 Å². The number of hydrogen-bond donors (Lipinski definition) is 0. The third-order valence-electron chi connectivity index (χ3n) is 6.87. The molecule has 4 nitrogen and oxygen atoms in total. The van der Waals surface area contributed by atoms with Gasteiger partial charge in [-0.1, -0.05) is 38.5 Å². The normalized spacial score (nSPS) is 32.7. The van der Waals surface area contributed by atoms with E-state index in [-0.39, 0.29) is 34.4 Å². The van der Waals surface area contributed by atoms with Gasteiger partial charge in [-0.2, -0.15) is 0 Å². The largest absolute Gasteiger partial charge is 0.466 e. The monoisotopic (exact) mass is 378 g/mol. The summed E-state index contributed by atoms with van der Waals surface area (Å²) in [7, 11) is -3.35. The van der Waals surface area contributed by atoms with Crippen LogP contribution in [0.25, 0.3) is 0 Å². The molecule has 5 atom stereocenters. The smallest absolute Gasteiger partial charge is 0.308 e. The van der Waals surface area contributed by atoms with E-state index in [2.05, 4.69) is 6.92 Å². The average molecular weight is 379 g/mol. The first kappa shape index (κ1) is 19.4. The van der Waals surface area contributed by atoms with Crippen LogP contribution in [-0.4, -0.2) is 26.2 Å². The Morgan fingerprint density at radius 3 is 2.58 bits per heavy atom. The summed E-state index contributed by atoms with van der Waals surface area (Å²) in [6.07, 6.45) is 4.39. The van der Waals surface area contributed by atoms with E-state index in [9.17, 15) is 13.2 Å². The number of ether oxygens (including phenoxy) is 1. The zero-order valence-corrected chi connectivity index (χ0v) is 16.8. The zero-order chi connectivity index (χ0) is 18.9. The molecule has 3 rings (SSSR count). The van der Waals surface area contributed by atoms with Crippen LogP contribution in [0.2, 0.25) is 0 Å². The Hall–Kier alpha value is -1.36. The van der Waals surface area contributed by atoms with Gasteiger partial charge in [0.2, 0.25) is 0 Å². The molecular weight excluding hydrogens is 348 g/mol. The van der Waals surface area contributed by atoms with Gasteiger partial charge in [-0.25, -0.2) is 8.42 Å². The molecule has 144 valence electrons. The molecule has 0 heterocycles. The quantitative estimate of drug-likeness (QED) is 0.719. The van der Waals surface area contributed by atoms with E-state index < -0.39 is 9.84 Å². The maximum atomic E-state index is 13.3. The standard InChI is InChI=1S/C21H30O4S/c1-4-25-20(22)15(2)17-12-13-18-19(11-8-14-21(17,18)3)26(23,24)16-9-6-5-7-10-16/h5-7,9-10,15,17-19H,4,8,11-14H2,1-3H3/t15-,17-,18+,19-,21-/m0/s1. The molecule has 0 radical (unpaired) electrons. The molecule has 2 saturated carbocycles. The number of carbonyl (C=O) groups excluding carboxylic acids is 1. The number of benzene rings is 1. The van der Waals surface area contributed by atoms with E-state index in [1.165, 1.54) is 0 Å². The third kappa shape index (κ3) is 3.19. The highest BCUT2D eigenvalue weighted by Gasteiger charge is 2.56. The molecular formula is C21H30O4S. The van der Waals surface area contributed by atoms with Gasteiger partial charge in [0.05, 0.1) is 22.7 Å². The van der Waals surface area contributed by atoms with Crippen molar-refractivity contribution in [3.63, 3.8) is 0 Å². The predicted molar refractivity (Wildman–Crippen MR) is 101 cm³/mol. The highest BCUT2D eigenvalue weighted by Crippen LogP contribution is 2.59. The van der Waals surface area contributed by atoms with Crippen molar-refractivity contribution in [2.75, 3.05) is 6.61 Å². The molecule has 1 aromatic carbocycles. The summed E-state index contributed by atoms with van der Waals surface area (Å²) in [5.41, 5.74) is -0.114. The SMILES string of the molecule is CCOC(=O)[C@@H](C)[C@@H]1CC[C@@H]2[C@@H](S(=O)(=O)c3ccccc3)CCC[C@]21C. The lowest BCUT2D eigenvalue weighted by Gasteiger charge is -2.45. The van der Waals surface area contributed by atoms with Gasteiger partial charge in [0.1, 0.15) is 0 Å². The van der Waals surface area contributed by atoms with Crippen LogP contribution in [0, 0.1) is 23.2 Å². The van der Waals surface area contributed by atoms with Crippen molar-refractivity contribution >= 4 is 15.8 Å². The molecule has 0 aliphatic heterocycles. The highest BCUT2D eigenvalue weighted by atomic mass is 32.2. The van der Waals surface area contributed by atoms with Gasteiger partial charge < -0.3 is 4.74 Å². The molecule has 2 aliphatic rings. The minimum atomic E-state index is -3.35. The van der Waals surface area contributed by atoms with Gasteiger partial charge in [0.25, 0.3) is 0 Å². The first-order valence-electron chi connectivity index (χ1n) is 9.78. The van der Waals surface area contributed by atoms with Crippen molar-refractivity contribution in [1.29, 1.82) is 0 Å². The summed E-state index contributed by atoms with van der Waals surface area (Å²) in [5.74, 6) is -0.0146. The molecule has 0 unspecified atom stereocenters. The van der Waals surface area contributed by atoms with Crippen molar-refractivity contribution < 1.29 is 17.9 Å². The van der Waals surface area contributed by atoms with Crippen LogP contribution in [-0.2, 0) is 19.4 Å². The first-order valence-corrected chi connectivity index (χ1v) is 11.3. The van der Waals surface area contributed by atoms with Gasteiger partial charge in [-0.05, 0) is 62.0 Å². The van der Waals surface area contributed by atoms with Crippen LogP contribution in [0.15, 0.2) is 35.2 Å². The molecule has 5 heteroatoms. The molecule has 2 fully saturated rings. The minimum Gasteiger partial charge on any atom is -0.466 e. The number of carbonyl (C=O) groups is 1. The van der Waals surface area contributed by atoms with E-state index in [0.717, 1.165) is 32.1 Å². The second kappa shape index (κ2) is 7.34. The molecule has 0 aromatic heterocycles. The van der Waals surface area contributed by atoms with Gasteiger partial charge in [-0.15, -0.1) is 0 Å². The fraction of sp³-hybridized carbons (Fsp3) is 0.667. The van der Waals surface area contributed by atoms with Crippen LogP contribution in [0.1, 0.15) is 52.9 Å². The molecule has 2 aliphatic carbocycles. The fourth-order valence-electron chi connectivity index (χ4n) is 5.58. The van der Waals surface area contributed by atoms with Crippen molar-refractivity contribution in [2.45, 2.75) is 63.0 Å². The van der Waals surface area contributed by atoms with Crippen molar-refractivity contribution in [2.24, 2.45) is 23.2 Å². The van der Waals surface area contributed by atoms with E-state index >= 15 is 0 Å². The lowest BCUT2D eigenvalue weighted by atomic mass is 9.62. The van der Waals surface area contributed by atoms with E-state index in [0.29, 0.717) is 11.5 Å². The Morgan fingerprint density at radius 1 is 1.23 bits per heavy atom. The Kier molecular flexibility index (Phi) is 5.48. The Balaban J connectivity index is 1.89. The highest BCUT2D eigenvalue weighted by molar-refractivity contribution is 7.92. The van der Waals surface area contributed by atoms with E-state index in [4.69, 9.17) is 4.74 Å². The summed E-state index contributed by atoms with van der Waals surface area (Å²) in [5, 5.41) is -0.344. The van der Waals surface area contributed by atoms with Crippen molar-refractivity contribution in [1.82, 2.24) is 0 Å². The molecule has 0 spiro atoms. The number of hydrogen-bond acceptors (Lipinski definition) is 4.